The highest BCUT2D eigenvalue weighted by molar-refractivity contribution is 5.79. The number of furan rings is 1. The smallest absolute Gasteiger partial charge is 0.191 e. The molecular formula is C20H33N5O2. The van der Waals surface area contributed by atoms with Crippen molar-refractivity contribution in [2.45, 2.75) is 52.1 Å². The van der Waals surface area contributed by atoms with Gasteiger partial charge in [0.2, 0.25) is 0 Å². The fraction of sp³-hybridized carbons (Fsp3) is 0.600. The molecule has 0 spiro atoms. The summed E-state index contributed by atoms with van der Waals surface area (Å²) in [6, 6.07) is 6.04. The highest BCUT2D eigenvalue weighted by Crippen LogP contribution is 2.22. The van der Waals surface area contributed by atoms with Crippen LogP contribution >= 0.6 is 0 Å². The summed E-state index contributed by atoms with van der Waals surface area (Å²) in [6.45, 7) is 8.32. The molecule has 1 atom stereocenters. The van der Waals surface area contributed by atoms with Crippen LogP contribution in [0.2, 0.25) is 0 Å². The number of aromatic nitrogens is 1. The molecule has 2 aromatic heterocycles. The first-order valence-electron chi connectivity index (χ1n) is 9.76. The first-order valence-corrected chi connectivity index (χ1v) is 9.76. The molecule has 0 saturated carbocycles. The Morgan fingerprint density at radius 2 is 2.00 bits per heavy atom. The van der Waals surface area contributed by atoms with Crippen LogP contribution in [0.25, 0.3) is 0 Å². The van der Waals surface area contributed by atoms with Gasteiger partial charge in [0.05, 0.1) is 18.0 Å². The molecule has 0 fully saturated rings. The van der Waals surface area contributed by atoms with E-state index in [1.165, 1.54) is 0 Å². The van der Waals surface area contributed by atoms with Gasteiger partial charge in [-0.3, -0.25) is 4.90 Å². The second-order valence-electron chi connectivity index (χ2n) is 6.80. The van der Waals surface area contributed by atoms with Crippen LogP contribution in [0.4, 0.5) is 0 Å². The SMILES string of the molecule is CCNC(=NCc1cc(C(CC)CC)no1)NCC(c1ccco1)N(C)C. The third-order valence-corrected chi connectivity index (χ3v) is 4.68. The van der Waals surface area contributed by atoms with Gasteiger partial charge in [0.25, 0.3) is 0 Å². The topological polar surface area (TPSA) is 78.8 Å². The summed E-state index contributed by atoms with van der Waals surface area (Å²) in [6.07, 6.45) is 3.83. The Labute approximate surface area is 162 Å². The van der Waals surface area contributed by atoms with Gasteiger partial charge in [-0.05, 0) is 46.0 Å². The first-order chi connectivity index (χ1) is 13.1. The molecule has 2 rings (SSSR count). The van der Waals surface area contributed by atoms with E-state index in [0.717, 1.165) is 42.6 Å². The summed E-state index contributed by atoms with van der Waals surface area (Å²) in [5.41, 5.74) is 1.02. The van der Waals surface area contributed by atoms with Gasteiger partial charge in [0.15, 0.2) is 11.7 Å². The van der Waals surface area contributed by atoms with Gasteiger partial charge in [0, 0.05) is 25.1 Å². The van der Waals surface area contributed by atoms with Gasteiger partial charge in [-0.2, -0.15) is 0 Å². The van der Waals surface area contributed by atoms with Gasteiger partial charge in [0.1, 0.15) is 12.3 Å². The summed E-state index contributed by atoms with van der Waals surface area (Å²) < 4.78 is 11.0. The monoisotopic (exact) mass is 375 g/mol. The molecule has 7 nitrogen and oxygen atoms in total. The van der Waals surface area contributed by atoms with E-state index in [4.69, 9.17) is 8.94 Å². The Morgan fingerprint density at radius 1 is 1.22 bits per heavy atom. The van der Waals surface area contributed by atoms with Crippen molar-refractivity contribution in [3.05, 3.63) is 41.7 Å². The normalized spacial score (nSPS) is 13.4. The Morgan fingerprint density at radius 3 is 2.59 bits per heavy atom. The number of aliphatic imine (C=N–C) groups is 1. The molecule has 0 saturated heterocycles. The summed E-state index contributed by atoms with van der Waals surface area (Å²) in [4.78, 5) is 6.75. The number of guanidine groups is 1. The molecule has 0 aliphatic carbocycles. The predicted molar refractivity (Wildman–Crippen MR) is 108 cm³/mol. The van der Waals surface area contributed by atoms with Crippen LogP contribution in [0.1, 0.15) is 62.8 Å². The van der Waals surface area contributed by atoms with Gasteiger partial charge >= 0.3 is 0 Å². The lowest BCUT2D eigenvalue weighted by atomic mass is 9.99. The molecule has 0 radical (unpaired) electrons. The van der Waals surface area contributed by atoms with E-state index in [9.17, 15) is 0 Å². The zero-order valence-corrected chi connectivity index (χ0v) is 17.2. The minimum atomic E-state index is 0.121. The second kappa shape index (κ2) is 10.8. The minimum absolute atomic E-state index is 0.121. The number of nitrogens with zero attached hydrogens (tertiary/aromatic N) is 3. The lowest BCUT2D eigenvalue weighted by Gasteiger charge is -2.23. The van der Waals surface area contributed by atoms with Gasteiger partial charge in [-0.1, -0.05) is 19.0 Å². The fourth-order valence-corrected chi connectivity index (χ4v) is 3.01. The number of likely N-dealkylation sites (N-methyl/N-ethyl adjacent to an activating group) is 1. The van der Waals surface area contributed by atoms with Crippen LogP contribution in [0.5, 0.6) is 0 Å². The van der Waals surface area contributed by atoms with E-state index >= 15 is 0 Å². The van der Waals surface area contributed by atoms with Crippen LogP contribution in [0, 0.1) is 0 Å². The van der Waals surface area contributed by atoms with Crippen molar-refractivity contribution in [1.29, 1.82) is 0 Å². The Kier molecular flexibility index (Phi) is 8.39. The van der Waals surface area contributed by atoms with E-state index in [2.05, 4.69) is 39.5 Å². The second-order valence-corrected chi connectivity index (χ2v) is 6.80. The highest BCUT2D eigenvalue weighted by Gasteiger charge is 2.17. The van der Waals surface area contributed by atoms with Crippen molar-refractivity contribution < 1.29 is 8.94 Å². The average molecular weight is 376 g/mol. The molecule has 2 heterocycles. The van der Waals surface area contributed by atoms with E-state index < -0.39 is 0 Å². The zero-order valence-electron chi connectivity index (χ0n) is 17.2. The Balaban J connectivity index is 1.99. The van der Waals surface area contributed by atoms with Gasteiger partial charge in [-0.25, -0.2) is 4.99 Å². The number of rotatable bonds is 10. The van der Waals surface area contributed by atoms with E-state index in [0.29, 0.717) is 19.0 Å². The summed E-state index contributed by atoms with van der Waals surface area (Å²) in [5, 5.41) is 10.9. The third-order valence-electron chi connectivity index (χ3n) is 4.68. The van der Waals surface area contributed by atoms with E-state index in [-0.39, 0.29) is 6.04 Å². The van der Waals surface area contributed by atoms with Gasteiger partial charge < -0.3 is 19.6 Å². The summed E-state index contributed by atoms with van der Waals surface area (Å²) in [5.74, 6) is 2.90. The maximum absolute atomic E-state index is 5.56. The molecule has 0 aliphatic heterocycles. The zero-order chi connectivity index (χ0) is 19.6. The number of hydrogen-bond donors (Lipinski definition) is 2. The quantitative estimate of drug-likeness (QED) is 0.489. The van der Waals surface area contributed by atoms with Crippen LogP contribution < -0.4 is 10.6 Å². The highest BCUT2D eigenvalue weighted by atomic mass is 16.5. The Hall–Kier alpha value is -2.28. The molecule has 0 bridgehead atoms. The van der Waals surface area contributed by atoms with E-state index in [1.54, 1.807) is 6.26 Å². The van der Waals surface area contributed by atoms with Crippen molar-refractivity contribution in [2.24, 2.45) is 4.99 Å². The number of hydrogen-bond acceptors (Lipinski definition) is 5. The fourth-order valence-electron chi connectivity index (χ4n) is 3.01. The van der Waals surface area contributed by atoms with Crippen molar-refractivity contribution >= 4 is 5.96 Å². The predicted octanol–water partition coefficient (Wildman–Crippen LogP) is 3.53. The maximum atomic E-state index is 5.56. The van der Waals surface area contributed by atoms with Gasteiger partial charge in [-0.15, -0.1) is 0 Å². The molecule has 1 unspecified atom stereocenters. The van der Waals surface area contributed by atoms with Crippen molar-refractivity contribution in [3.63, 3.8) is 0 Å². The summed E-state index contributed by atoms with van der Waals surface area (Å²) >= 11 is 0. The molecule has 0 aliphatic rings. The standard InChI is InChI=1S/C20H33N5O2/c1-6-15(7-2)17-12-16(27-24-17)13-22-20(21-8-3)23-14-18(25(4)5)19-10-9-11-26-19/h9-12,15,18H,6-8,13-14H2,1-5H3,(H2,21,22,23). The molecule has 2 aromatic rings. The Bertz CT molecular complexity index is 674. The molecule has 0 aromatic carbocycles. The molecular weight excluding hydrogens is 342 g/mol. The first kappa shape index (κ1) is 21.0. The molecule has 0 amide bonds. The average Bonchev–Trinajstić information content (AvgIpc) is 3.33. The van der Waals surface area contributed by atoms with E-state index in [1.807, 2.05) is 39.2 Å². The maximum Gasteiger partial charge on any atom is 0.191 e. The van der Waals surface area contributed by atoms with Crippen LogP contribution in [-0.4, -0.2) is 43.2 Å². The van der Waals surface area contributed by atoms with Crippen LogP contribution in [0.15, 0.2) is 38.4 Å². The van der Waals surface area contributed by atoms with Crippen LogP contribution in [-0.2, 0) is 6.54 Å². The minimum Gasteiger partial charge on any atom is -0.468 e. The molecule has 2 N–H and O–H groups in total. The lowest BCUT2D eigenvalue weighted by Crippen LogP contribution is -2.41. The molecule has 7 heteroatoms. The molecule has 150 valence electrons. The largest absolute Gasteiger partial charge is 0.468 e. The van der Waals surface area contributed by atoms with Crippen molar-refractivity contribution in [1.82, 2.24) is 20.7 Å². The lowest BCUT2D eigenvalue weighted by molar-refractivity contribution is 0.258. The molecule has 27 heavy (non-hydrogen) atoms. The van der Waals surface area contributed by atoms with Crippen LogP contribution in [0.3, 0.4) is 0 Å². The third kappa shape index (κ3) is 6.13. The van der Waals surface area contributed by atoms with Crippen molar-refractivity contribution in [2.75, 3.05) is 27.2 Å². The summed E-state index contributed by atoms with van der Waals surface area (Å²) in [7, 11) is 4.07. The van der Waals surface area contributed by atoms with Crippen molar-refractivity contribution in [3.8, 4) is 0 Å². The number of nitrogens with one attached hydrogen (secondary N) is 2.